The smallest absolute Gasteiger partial charge is 0.337 e. The van der Waals surface area contributed by atoms with Crippen LogP contribution in [0.2, 0.25) is 0 Å². The number of aromatic nitrogens is 4. The van der Waals surface area contributed by atoms with Crippen LogP contribution in [0.5, 0.6) is 0 Å². The number of nitrogens with one attached hydrogen (secondary N) is 4. The van der Waals surface area contributed by atoms with E-state index in [-0.39, 0.29) is 61.6 Å². The first-order valence-corrected chi connectivity index (χ1v) is 31.6. The van der Waals surface area contributed by atoms with Crippen LogP contribution in [-0.2, 0) is 80.7 Å². The molecule has 0 aliphatic rings. The van der Waals surface area contributed by atoms with Crippen LogP contribution in [-0.4, -0.2) is 81.0 Å². The molecule has 0 unspecified atom stereocenters. The number of fused-ring (bicyclic) bond motifs is 2. The molecule has 2 heterocycles. The molecule has 10 rings (SSSR count). The molecule has 0 fully saturated rings. The normalized spacial score (nSPS) is 11.6. The second-order valence-corrected chi connectivity index (χ2v) is 23.2. The Morgan fingerprint density at radius 3 is 1.29 bits per heavy atom. The van der Waals surface area contributed by atoms with Gasteiger partial charge in [-0.15, -0.1) is 0 Å². The van der Waals surface area contributed by atoms with Crippen molar-refractivity contribution in [2.24, 2.45) is 0 Å². The number of hydrogen-bond donors (Lipinski definition) is 4. The summed E-state index contributed by atoms with van der Waals surface area (Å²) in [4.78, 5) is 97.9. The number of benzene rings is 8. The Bertz CT molecular complexity index is 4170. The van der Waals surface area contributed by atoms with Crippen molar-refractivity contribution in [1.82, 2.24) is 40.7 Å². The summed E-state index contributed by atoms with van der Waals surface area (Å²) >= 11 is 0. The molecule has 0 saturated carbocycles. The van der Waals surface area contributed by atoms with E-state index in [2.05, 4.69) is 44.6 Å². The number of imidazole rings is 2. The first-order valence-electron chi connectivity index (χ1n) is 31.6. The lowest BCUT2D eigenvalue weighted by atomic mass is 10.0. The van der Waals surface area contributed by atoms with Crippen LogP contribution in [0.1, 0.15) is 137 Å². The molecule has 0 aliphatic heterocycles. The fourth-order valence-electron chi connectivity index (χ4n) is 11.3. The van der Waals surface area contributed by atoms with E-state index in [1.54, 1.807) is 24.3 Å². The number of esters is 2. The second kappa shape index (κ2) is 33.7. The van der Waals surface area contributed by atoms with E-state index in [1.807, 2.05) is 184 Å². The van der Waals surface area contributed by atoms with Crippen LogP contribution in [0.3, 0.4) is 0 Å². The van der Waals surface area contributed by atoms with Crippen LogP contribution in [0, 0.1) is 13.8 Å². The molecule has 4 N–H and O–H groups in total. The van der Waals surface area contributed by atoms with Gasteiger partial charge in [0.05, 0.1) is 60.6 Å². The van der Waals surface area contributed by atoms with Crippen LogP contribution < -0.4 is 21.6 Å². The summed E-state index contributed by atoms with van der Waals surface area (Å²) in [7, 11) is 2.73. The zero-order valence-corrected chi connectivity index (χ0v) is 54.0. The van der Waals surface area contributed by atoms with E-state index in [9.17, 15) is 28.8 Å². The van der Waals surface area contributed by atoms with Gasteiger partial charge in [-0.1, -0.05) is 159 Å². The van der Waals surface area contributed by atoms with E-state index in [0.717, 1.165) is 104 Å². The summed E-state index contributed by atoms with van der Waals surface area (Å²) in [5, 5.41) is 6.20. The fourth-order valence-corrected chi connectivity index (χ4v) is 11.3. The average Bonchev–Trinajstić information content (AvgIpc) is 1.67. The first-order chi connectivity index (χ1) is 45.7. The van der Waals surface area contributed by atoms with Crippen molar-refractivity contribution in [3.8, 4) is 0 Å². The van der Waals surface area contributed by atoms with E-state index < -0.39 is 12.1 Å². The summed E-state index contributed by atoms with van der Waals surface area (Å²) in [6, 6.07) is 59.8. The molecule has 94 heavy (non-hydrogen) atoms. The van der Waals surface area contributed by atoms with Crippen molar-refractivity contribution in [2.75, 3.05) is 14.2 Å². The fraction of sp³-hybridized carbons (Fsp3) is 0.263. The van der Waals surface area contributed by atoms with Gasteiger partial charge >= 0.3 is 11.9 Å². The van der Waals surface area contributed by atoms with Gasteiger partial charge in [0.2, 0.25) is 11.8 Å². The number of carbonyl (C=O) groups excluding carboxylic acids is 6. The van der Waals surface area contributed by atoms with Gasteiger partial charge in [-0.25, -0.2) is 30.5 Å². The second-order valence-electron chi connectivity index (χ2n) is 23.2. The monoisotopic (exact) mass is 1260 g/mol. The van der Waals surface area contributed by atoms with Gasteiger partial charge in [-0.3, -0.25) is 28.9 Å². The number of hydrogen-bond acceptors (Lipinski definition) is 12. The predicted octanol–water partition coefficient (Wildman–Crippen LogP) is 12.2. The van der Waals surface area contributed by atoms with E-state index in [0.29, 0.717) is 48.2 Å². The molecule has 0 saturated heterocycles. The molecular formula is C76H80N8O10. The largest absolute Gasteiger partial charge is 0.465 e. The quantitative estimate of drug-likeness (QED) is 0.0266. The number of rotatable bonds is 28. The topological polar surface area (TPSA) is 223 Å². The molecule has 4 amide bonds. The summed E-state index contributed by atoms with van der Waals surface area (Å²) < 4.78 is 14.0. The molecule has 0 aliphatic carbocycles. The summed E-state index contributed by atoms with van der Waals surface area (Å²) in [6.45, 7) is 9.73. The highest BCUT2D eigenvalue weighted by Gasteiger charge is 2.24. The Labute approximate surface area is 547 Å². The van der Waals surface area contributed by atoms with Crippen molar-refractivity contribution < 1.29 is 47.9 Å². The molecule has 8 aromatic carbocycles. The third-order valence-electron chi connectivity index (χ3n) is 15.9. The van der Waals surface area contributed by atoms with E-state index in [1.165, 1.54) is 14.2 Å². The van der Waals surface area contributed by atoms with Crippen molar-refractivity contribution in [3.05, 3.63) is 273 Å². The van der Waals surface area contributed by atoms with Gasteiger partial charge < -0.3 is 29.2 Å². The standard InChI is InChI=1S/2C38H40N4O5/c1-4-11-34-40-36-26(2)20-31(22-33(36)42(34)24-28-16-18-30(19-17-28)38(45)46-3)37(44)39-32(21-27-12-7-5-8-13-27)23-35(43)41-47-25-29-14-9-6-10-15-29;1-4-11-34-40-33-22-31(20-26(2)36(33)42(34)24-28-16-18-30(19-17-28)38(45)46-3)37(44)39-32(21-27-12-7-5-8-13-27)23-35(43)41-47-25-29-14-9-6-10-15-29/h2*5-10,12-20,22,32H,4,11,21,23-25H2,1-3H3,(H,39,44)(H,41,43)/t2*32-/m11/s1. The number of ether oxygens (including phenoxy) is 2. The number of aryl methyl sites for hydroxylation is 4. The Morgan fingerprint density at radius 2 is 0.851 bits per heavy atom. The van der Waals surface area contributed by atoms with Crippen LogP contribution in [0.4, 0.5) is 0 Å². The zero-order chi connectivity index (χ0) is 66.3. The Hall–Kier alpha value is -10.6. The first kappa shape index (κ1) is 67.8. The average molecular weight is 1270 g/mol. The minimum absolute atomic E-state index is 0.0385. The summed E-state index contributed by atoms with van der Waals surface area (Å²) in [5.41, 5.74) is 18.1. The number of nitrogens with zero attached hydrogens (tertiary/aromatic N) is 4. The number of amides is 4. The summed E-state index contributed by atoms with van der Waals surface area (Å²) in [5.74, 6) is -0.110. The van der Waals surface area contributed by atoms with Crippen LogP contribution in [0.25, 0.3) is 22.1 Å². The Balaban J connectivity index is 0.000000221. The highest BCUT2D eigenvalue weighted by atomic mass is 16.7. The van der Waals surface area contributed by atoms with Gasteiger partial charge in [0.25, 0.3) is 11.8 Å². The van der Waals surface area contributed by atoms with E-state index >= 15 is 0 Å². The number of methoxy groups -OCH3 is 2. The molecule has 0 bridgehead atoms. The molecule has 484 valence electrons. The molecule has 10 aromatic rings. The number of carbonyl (C=O) groups is 6. The van der Waals surface area contributed by atoms with Crippen LogP contribution in [0.15, 0.2) is 194 Å². The van der Waals surface area contributed by atoms with Gasteiger partial charge in [-0.2, -0.15) is 0 Å². The predicted molar refractivity (Wildman–Crippen MR) is 361 cm³/mol. The lowest BCUT2D eigenvalue weighted by Gasteiger charge is -2.19. The van der Waals surface area contributed by atoms with Gasteiger partial charge in [0.1, 0.15) is 11.6 Å². The van der Waals surface area contributed by atoms with Gasteiger partial charge in [0.15, 0.2) is 0 Å². The number of hydroxylamine groups is 2. The Morgan fingerprint density at radius 1 is 0.447 bits per heavy atom. The van der Waals surface area contributed by atoms with Crippen molar-refractivity contribution in [3.63, 3.8) is 0 Å². The van der Waals surface area contributed by atoms with Crippen molar-refractivity contribution in [2.45, 2.75) is 117 Å². The highest BCUT2D eigenvalue weighted by molar-refractivity contribution is 6.00. The maximum absolute atomic E-state index is 13.8. The van der Waals surface area contributed by atoms with Crippen molar-refractivity contribution in [1.29, 1.82) is 0 Å². The minimum atomic E-state index is -0.477. The third-order valence-corrected chi connectivity index (χ3v) is 15.9. The zero-order valence-electron chi connectivity index (χ0n) is 54.0. The lowest BCUT2D eigenvalue weighted by molar-refractivity contribution is -0.135. The minimum Gasteiger partial charge on any atom is -0.465 e. The Kier molecular flexibility index (Phi) is 24.3. The molecule has 18 heteroatoms. The lowest BCUT2D eigenvalue weighted by Crippen LogP contribution is -2.40. The highest BCUT2D eigenvalue weighted by Crippen LogP contribution is 2.27. The van der Waals surface area contributed by atoms with E-state index in [4.69, 9.17) is 29.1 Å². The van der Waals surface area contributed by atoms with Crippen LogP contribution >= 0.6 is 0 Å². The van der Waals surface area contributed by atoms with Gasteiger partial charge in [-0.05, 0) is 133 Å². The molecule has 18 nitrogen and oxygen atoms in total. The third kappa shape index (κ3) is 18.8. The van der Waals surface area contributed by atoms with Gasteiger partial charge in [0, 0.05) is 62.0 Å². The molecule has 2 atom stereocenters. The summed E-state index contributed by atoms with van der Waals surface area (Å²) in [6.07, 6.45) is 4.40. The molecule has 0 radical (unpaired) electrons. The SMILES string of the molecule is CCCc1nc2c(C)cc(C(=O)N[C@@H](CC(=O)NOCc3ccccc3)Cc3ccccc3)cc2n1Cc1ccc(C(=O)OC)cc1.CCCc1nc2cc(C(=O)N[C@@H](CC(=O)NOCc3ccccc3)Cc3ccccc3)cc(C)c2n1Cc1ccc(C(=O)OC)cc1. The molecule has 2 aromatic heterocycles. The maximum Gasteiger partial charge on any atom is 0.337 e. The molecular weight excluding hydrogens is 1180 g/mol. The maximum atomic E-state index is 13.8. The molecule has 0 spiro atoms. The van der Waals surface area contributed by atoms with Crippen molar-refractivity contribution >= 4 is 57.6 Å².